The highest BCUT2D eigenvalue weighted by Crippen LogP contribution is 2.30. The monoisotopic (exact) mass is 295 g/mol. The molecule has 0 spiro atoms. The molecule has 1 saturated carbocycles. The minimum absolute atomic E-state index is 0.290. The summed E-state index contributed by atoms with van der Waals surface area (Å²) < 4.78 is 6.72. The van der Waals surface area contributed by atoms with Gasteiger partial charge >= 0.3 is 5.97 Å². The first-order valence-corrected chi connectivity index (χ1v) is 7.91. The van der Waals surface area contributed by atoms with E-state index in [9.17, 15) is 9.90 Å². The van der Waals surface area contributed by atoms with Gasteiger partial charge < -0.3 is 9.84 Å². The largest absolute Gasteiger partial charge is 0.461 e. The average Bonchev–Trinajstić information content (AvgIpc) is 2.83. The van der Waals surface area contributed by atoms with Gasteiger partial charge in [-0.25, -0.2) is 9.48 Å². The number of carbonyl (C=O) groups excluding carboxylic acids is 1. The van der Waals surface area contributed by atoms with Crippen molar-refractivity contribution in [3.63, 3.8) is 0 Å². The number of esters is 1. The average molecular weight is 295 g/mol. The lowest BCUT2D eigenvalue weighted by Gasteiger charge is -2.32. The zero-order valence-corrected chi connectivity index (χ0v) is 13.0. The zero-order valence-electron chi connectivity index (χ0n) is 13.0. The molecule has 0 amide bonds. The van der Waals surface area contributed by atoms with Crippen molar-refractivity contribution >= 4 is 5.97 Å². The molecule has 0 radical (unpaired) electrons. The van der Waals surface area contributed by atoms with Crippen LogP contribution in [0.5, 0.6) is 0 Å². The van der Waals surface area contributed by atoms with Gasteiger partial charge in [0.25, 0.3) is 0 Å². The van der Waals surface area contributed by atoms with Crippen molar-refractivity contribution in [1.82, 2.24) is 15.0 Å². The summed E-state index contributed by atoms with van der Waals surface area (Å²) in [6, 6.07) is 0. The molecule has 1 aliphatic carbocycles. The van der Waals surface area contributed by atoms with Crippen LogP contribution < -0.4 is 0 Å². The van der Waals surface area contributed by atoms with E-state index in [1.807, 2.05) is 6.92 Å². The van der Waals surface area contributed by atoms with E-state index in [4.69, 9.17) is 4.74 Å². The van der Waals surface area contributed by atoms with Gasteiger partial charge in [-0.2, -0.15) is 0 Å². The van der Waals surface area contributed by atoms with Gasteiger partial charge in [0.1, 0.15) is 0 Å². The normalized spacial score (nSPS) is 17.7. The quantitative estimate of drug-likeness (QED) is 0.813. The van der Waals surface area contributed by atoms with Crippen LogP contribution >= 0.6 is 0 Å². The van der Waals surface area contributed by atoms with Crippen LogP contribution in [0.1, 0.15) is 68.6 Å². The summed E-state index contributed by atoms with van der Waals surface area (Å²) in [6.45, 7) is 4.55. The van der Waals surface area contributed by atoms with Crippen molar-refractivity contribution in [3.05, 3.63) is 11.4 Å². The van der Waals surface area contributed by atoms with E-state index in [2.05, 4.69) is 10.3 Å². The SMILES string of the molecule is CCCc1c(C(=O)OCC)nnn1CC1(O)CCCCC1. The second kappa shape index (κ2) is 7.02. The van der Waals surface area contributed by atoms with Gasteiger partial charge in [0.2, 0.25) is 0 Å². The fraction of sp³-hybridized carbons (Fsp3) is 0.800. The van der Waals surface area contributed by atoms with E-state index >= 15 is 0 Å². The second-order valence-electron chi connectivity index (χ2n) is 5.80. The van der Waals surface area contributed by atoms with Crippen LogP contribution in [-0.4, -0.2) is 38.3 Å². The molecule has 1 fully saturated rings. The lowest BCUT2D eigenvalue weighted by atomic mass is 9.85. The number of aliphatic hydroxyl groups is 1. The minimum Gasteiger partial charge on any atom is -0.461 e. The Morgan fingerprint density at radius 1 is 1.33 bits per heavy atom. The highest BCUT2D eigenvalue weighted by atomic mass is 16.5. The Labute approximate surface area is 125 Å². The van der Waals surface area contributed by atoms with Gasteiger partial charge in [0.05, 0.1) is 24.4 Å². The Bertz CT molecular complexity index is 479. The summed E-state index contributed by atoms with van der Waals surface area (Å²) in [6.07, 6.45) is 6.42. The Morgan fingerprint density at radius 3 is 2.67 bits per heavy atom. The van der Waals surface area contributed by atoms with Gasteiger partial charge in [-0.3, -0.25) is 0 Å². The topological polar surface area (TPSA) is 77.2 Å². The molecular weight excluding hydrogens is 270 g/mol. The molecule has 0 unspecified atom stereocenters. The Hall–Kier alpha value is -1.43. The molecule has 0 bridgehead atoms. The third-order valence-corrected chi connectivity index (χ3v) is 4.02. The molecule has 1 aromatic rings. The molecule has 6 heteroatoms. The van der Waals surface area contributed by atoms with E-state index in [-0.39, 0.29) is 5.69 Å². The van der Waals surface area contributed by atoms with Gasteiger partial charge in [-0.05, 0) is 26.2 Å². The van der Waals surface area contributed by atoms with Crippen molar-refractivity contribution in [2.24, 2.45) is 0 Å². The third kappa shape index (κ3) is 3.81. The van der Waals surface area contributed by atoms with Crippen LogP contribution in [0.25, 0.3) is 0 Å². The molecule has 118 valence electrons. The third-order valence-electron chi connectivity index (χ3n) is 4.02. The second-order valence-corrected chi connectivity index (χ2v) is 5.80. The molecular formula is C15H25N3O3. The van der Waals surface area contributed by atoms with Crippen LogP contribution in [0, 0.1) is 0 Å². The summed E-state index contributed by atoms with van der Waals surface area (Å²) in [5.74, 6) is -0.428. The Kier molecular flexibility index (Phi) is 5.33. The molecule has 1 aromatic heterocycles. The Morgan fingerprint density at radius 2 is 2.05 bits per heavy atom. The van der Waals surface area contributed by atoms with Crippen LogP contribution in [0.4, 0.5) is 0 Å². The standard InChI is InChI=1S/C15H25N3O3/c1-3-8-12-13(14(19)21-4-2)16-17-18(12)11-15(20)9-6-5-7-10-15/h20H,3-11H2,1-2H3. The van der Waals surface area contributed by atoms with Crippen LogP contribution in [0.2, 0.25) is 0 Å². The molecule has 21 heavy (non-hydrogen) atoms. The molecule has 1 aliphatic rings. The molecule has 0 atom stereocenters. The van der Waals surface area contributed by atoms with Crippen molar-refractivity contribution in [2.45, 2.75) is 70.9 Å². The summed E-state index contributed by atoms with van der Waals surface area (Å²) in [4.78, 5) is 11.9. The van der Waals surface area contributed by atoms with E-state index in [1.54, 1.807) is 11.6 Å². The molecule has 0 saturated heterocycles. The molecule has 1 N–H and O–H groups in total. The smallest absolute Gasteiger partial charge is 0.360 e. The van der Waals surface area contributed by atoms with Crippen molar-refractivity contribution in [3.8, 4) is 0 Å². The highest BCUT2D eigenvalue weighted by Gasteiger charge is 2.32. The molecule has 1 heterocycles. The van der Waals surface area contributed by atoms with Gasteiger partial charge in [-0.1, -0.05) is 37.8 Å². The predicted octanol–water partition coefficient (Wildman–Crippen LogP) is 2.10. The number of nitrogens with zero attached hydrogens (tertiary/aromatic N) is 3. The number of aromatic nitrogens is 3. The first kappa shape index (κ1) is 15.9. The number of hydrogen-bond acceptors (Lipinski definition) is 5. The maximum Gasteiger partial charge on any atom is 0.360 e. The fourth-order valence-corrected chi connectivity index (χ4v) is 2.95. The molecule has 2 rings (SSSR count). The molecule has 0 aromatic carbocycles. The fourth-order valence-electron chi connectivity index (χ4n) is 2.95. The first-order valence-electron chi connectivity index (χ1n) is 7.91. The van der Waals surface area contributed by atoms with Gasteiger partial charge in [0.15, 0.2) is 5.69 Å². The number of rotatable bonds is 6. The van der Waals surface area contributed by atoms with Crippen molar-refractivity contribution in [2.75, 3.05) is 6.61 Å². The van der Waals surface area contributed by atoms with Gasteiger partial charge in [-0.15, -0.1) is 5.10 Å². The number of carbonyl (C=O) groups is 1. The maximum atomic E-state index is 11.9. The van der Waals surface area contributed by atoms with Crippen molar-refractivity contribution < 1.29 is 14.6 Å². The zero-order chi connectivity index (χ0) is 15.3. The summed E-state index contributed by atoms with van der Waals surface area (Å²) in [7, 11) is 0. The van der Waals surface area contributed by atoms with Crippen molar-refractivity contribution in [1.29, 1.82) is 0 Å². The number of hydrogen-bond donors (Lipinski definition) is 1. The lowest BCUT2D eigenvalue weighted by Crippen LogP contribution is -2.37. The lowest BCUT2D eigenvalue weighted by molar-refractivity contribution is -0.0153. The van der Waals surface area contributed by atoms with E-state index in [1.165, 1.54) is 6.42 Å². The summed E-state index contributed by atoms with van der Waals surface area (Å²) in [5, 5.41) is 18.7. The maximum absolute atomic E-state index is 11.9. The van der Waals surface area contributed by atoms with Crippen LogP contribution in [0.15, 0.2) is 0 Å². The Balaban J connectivity index is 2.20. The number of ether oxygens (including phenoxy) is 1. The van der Waals surface area contributed by atoms with E-state index < -0.39 is 11.6 Å². The van der Waals surface area contributed by atoms with Gasteiger partial charge in [0, 0.05) is 0 Å². The van der Waals surface area contributed by atoms with Crippen LogP contribution in [0.3, 0.4) is 0 Å². The highest BCUT2D eigenvalue weighted by molar-refractivity contribution is 5.88. The van der Waals surface area contributed by atoms with Crippen LogP contribution in [-0.2, 0) is 17.7 Å². The minimum atomic E-state index is -0.722. The molecule has 6 nitrogen and oxygen atoms in total. The van der Waals surface area contributed by atoms with E-state index in [0.717, 1.165) is 37.8 Å². The molecule has 0 aliphatic heterocycles. The van der Waals surface area contributed by atoms with E-state index in [0.29, 0.717) is 19.6 Å². The summed E-state index contributed by atoms with van der Waals surface area (Å²) >= 11 is 0. The first-order chi connectivity index (χ1) is 10.1. The summed E-state index contributed by atoms with van der Waals surface area (Å²) in [5.41, 5.74) is 0.341. The predicted molar refractivity (Wildman–Crippen MR) is 78.0 cm³/mol.